The van der Waals surface area contributed by atoms with E-state index < -0.39 is 10.0 Å². The number of piperazine rings is 1. The van der Waals surface area contributed by atoms with E-state index in [1.165, 1.54) is 29.1 Å². The summed E-state index contributed by atoms with van der Waals surface area (Å²) < 4.78 is 32.8. The van der Waals surface area contributed by atoms with Gasteiger partial charge < -0.3 is 20.1 Å². The number of hydrogen-bond donors (Lipinski definition) is 2. The third-order valence-corrected chi connectivity index (χ3v) is 7.81. The molecule has 2 aromatic carbocycles. The summed E-state index contributed by atoms with van der Waals surface area (Å²) in [7, 11) is -2.05. The molecule has 0 bridgehead atoms. The van der Waals surface area contributed by atoms with Crippen molar-refractivity contribution in [3.05, 3.63) is 47.5 Å². The highest BCUT2D eigenvalue weighted by molar-refractivity contribution is 7.89. The lowest BCUT2D eigenvalue weighted by Crippen LogP contribution is -2.51. The molecular formula is C22H27N3O5S. The van der Waals surface area contributed by atoms with Gasteiger partial charge in [0.15, 0.2) is 0 Å². The molecule has 0 aromatic heterocycles. The number of phenols is 1. The molecule has 31 heavy (non-hydrogen) atoms. The normalized spacial score (nSPS) is 16.7. The lowest BCUT2D eigenvalue weighted by Gasteiger charge is -2.34. The van der Waals surface area contributed by atoms with Crippen LogP contribution >= 0.6 is 0 Å². The van der Waals surface area contributed by atoms with Crippen LogP contribution in [0, 0.1) is 0 Å². The predicted molar refractivity (Wildman–Crippen MR) is 117 cm³/mol. The largest absolute Gasteiger partial charge is 0.508 e. The number of nitrogens with one attached hydrogen (secondary N) is 1. The van der Waals surface area contributed by atoms with E-state index in [2.05, 4.69) is 5.32 Å². The minimum absolute atomic E-state index is 0.0252. The Morgan fingerprint density at radius 1 is 1.06 bits per heavy atom. The van der Waals surface area contributed by atoms with E-state index in [0.717, 1.165) is 24.8 Å². The minimum Gasteiger partial charge on any atom is -0.508 e. The molecule has 0 saturated carbocycles. The molecule has 2 aliphatic rings. The molecule has 0 atom stereocenters. The summed E-state index contributed by atoms with van der Waals surface area (Å²) >= 11 is 0. The van der Waals surface area contributed by atoms with E-state index in [9.17, 15) is 18.3 Å². The summed E-state index contributed by atoms with van der Waals surface area (Å²) in [4.78, 5) is 14.6. The Labute approximate surface area is 182 Å². The van der Waals surface area contributed by atoms with Gasteiger partial charge in [-0.15, -0.1) is 0 Å². The van der Waals surface area contributed by atoms with Crippen LogP contribution in [0.25, 0.3) is 0 Å². The van der Waals surface area contributed by atoms with Crippen LogP contribution in [-0.4, -0.2) is 68.5 Å². The fourth-order valence-electron chi connectivity index (χ4n) is 4.15. The first-order valence-corrected chi connectivity index (χ1v) is 11.8. The third kappa shape index (κ3) is 4.47. The fourth-order valence-corrected chi connectivity index (χ4v) is 5.63. The van der Waals surface area contributed by atoms with Gasteiger partial charge in [-0.05, 0) is 54.7 Å². The second kappa shape index (κ2) is 8.76. The number of methoxy groups -OCH3 is 1. The number of anilines is 1. The summed E-state index contributed by atoms with van der Waals surface area (Å²) in [5.41, 5.74) is 2.89. The molecular weight excluding hydrogens is 418 g/mol. The number of hydrogen-bond acceptors (Lipinski definition) is 6. The number of ether oxygens (including phenoxy) is 1. The van der Waals surface area contributed by atoms with Crippen molar-refractivity contribution in [1.29, 1.82) is 0 Å². The molecule has 1 heterocycles. The highest BCUT2D eigenvalue weighted by atomic mass is 32.2. The molecule has 166 valence electrons. The molecule has 1 saturated heterocycles. The van der Waals surface area contributed by atoms with E-state index in [1.807, 2.05) is 12.1 Å². The molecule has 0 spiro atoms. The molecule has 1 aliphatic carbocycles. The maximum absolute atomic E-state index is 13.0. The van der Waals surface area contributed by atoms with E-state index in [-0.39, 0.29) is 31.3 Å². The van der Waals surface area contributed by atoms with Crippen LogP contribution in [0.2, 0.25) is 0 Å². The first-order valence-electron chi connectivity index (χ1n) is 10.4. The van der Waals surface area contributed by atoms with Gasteiger partial charge in [0.05, 0.1) is 24.2 Å². The van der Waals surface area contributed by atoms with Crippen molar-refractivity contribution >= 4 is 21.6 Å². The zero-order valence-corrected chi connectivity index (χ0v) is 18.3. The van der Waals surface area contributed by atoms with Gasteiger partial charge in [0.25, 0.3) is 0 Å². The number of aromatic hydroxyl groups is 1. The molecule has 1 aliphatic heterocycles. The van der Waals surface area contributed by atoms with Gasteiger partial charge in [-0.25, -0.2) is 8.42 Å². The van der Waals surface area contributed by atoms with Crippen LogP contribution in [0.15, 0.2) is 41.3 Å². The van der Waals surface area contributed by atoms with E-state index in [0.29, 0.717) is 29.4 Å². The molecule has 4 rings (SSSR count). The van der Waals surface area contributed by atoms with Crippen LogP contribution in [0.3, 0.4) is 0 Å². The molecule has 0 unspecified atom stereocenters. The molecule has 1 amide bonds. The van der Waals surface area contributed by atoms with Gasteiger partial charge in [0.2, 0.25) is 15.9 Å². The minimum atomic E-state index is -3.57. The Morgan fingerprint density at radius 3 is 2.55 bits per heavy atom. The topological polar surface area (TPSA) is 99.2 Å². The van der Waals surface area contributed by atoms with Gasteiger partial charge in [-0.3, -0.25) is 4.79 Å². The second-order valence-electron chi connectivity index (χ2n) is 7.81. The average Bonchev–Trinajstić information content (AvgIpc) is 3.25. The van der Waals surface area contributed by atoms with Gasteiger partial charge in [0, 0.05) is 32.2 Å². The molecule has 2 aromatic rings. The van der Waals surface area contributed by atoms with Crippen molar-refractivity contribution in [2.45, 2.75) is 24.2 Å². The number of nitrogens with zero attached hydrogens (tertiary/aromatic N) is 2. The third-order valence-electron chi connectivity index (χ3n) is 5.91. The SMILES string of the molecule is COc1ccc(O)cc1NCC(=O)N1CCN(S(=O)(=O)c2ccc3c(c2)CCC3)CC1. The van der Waals surface area contributed by atoms with Crippen molar-refractivity contribution < 1.29 is 23.1 Å². The van der Waals surface area contributed by atoms with Gasteiger partial charge >= 0.3 is 0 Å². The predicted octanol–water partition coefficient (Wildman–Crippen LogP) is 1.83. The molecule has 1 fully saturated rings. The number of rotatable bonds is 6. The number of sulfonamides is 1. The van der Waals surface area contributed by atoms with Crippen LogP contribution in [0.1, 0.15) is 17.5 Å². The Balaban J connectivity index is 1.35. The fraction of sp³-hybridized carbons (Fsp3) is 0.409. The van der Waals surface area contributed by atoms with Gasteiger partial charge in [-0.1, -0.05) is 6.07 Å². The summed E-state index contributed by atoms with van der Waals surface area (Å²) in [6, 6.07) is 10.0. The lowest BCUT2D eigenvalue weighted by atomic mass is 10.1. The van der Waals surface area contributed by atoms with Gasteiger partial charge in [0.1, 0.15) is 11.5 Å². The average molecular weight is 446 g/mol. The number of phenolic OH excluding ortho intramolecular Hbond substituents is 1. The first kappa shape index (κ1) is 21.5. The maximum atomic E-state index is 13.0. The van der Waals surface area contributed by atoms with Crippen molar-refractivity contribution in [1.82, 2.24) is 9.21 Å². The lowest BCUT2D eigenvalue weighted by molar-refractivity contribution is -0.130. The van der Waals surface area contributed by atoms with E-state index in [4.69, 9.17) is 4.74 Å². The van der Waals surface area contributed by atoms with Crippen molar-refractivity contribution in [3.63, 3.8) is 0 Å². The quantitative estimate of drug-likeness (QED) is 0.704. The highest BCUT2D eigenvalue weighted by Gasteiger charge is 2.30. The first-order chi connectivity index (χ1) is 14.9. The van der Waals surface area contributed by atoms with Crippen LogP contribution in [-0.2, 0) is 27.7 Å². The van der Waals surface area contributed by atoms with Crippen LogP contribution in [0.4, 0.5) is 5.69 Å². The van der Waals surface area contributed by atoms with E-state index in [1.54, 1.807) is 17.0 Å². The smallest absolute Gasteiger partial charge is 0.243 e. The van der Waals surface area contributed by atoms with Crippen molar-refractivity contribution in [2.75, 3.05) is 45.2 Å². The number of carbonyl (C=O) groups is 1. The monoisotopic (exact) mass is 445 g/mol. The molecule has 8 nitrogen and oxygen atoms in total. The highest BCUT2D eigenvalue weighted by Crippen LogP contribution is 2.29. The molecule has 2 N–H and O–H groups in total. The van der Waals surface area contributed by atoms with Crippen LogP contribution in [0.5, 0.6) is 11.5 Å². The summed E-state index contributed by atoms with van der Waals surface area (Å²) in [5, 5.41) is 12.6. The van der Waals surface area contributed by atoms with E-state index >= 15 is 0 Å². The number of amides is 1. The Morgan fingerprint density at radius 2 is 1.81 bits per heavy atom. The number of benzene rings is 2. The zero-order chi connectivity index (χ0) is 22.0. The Bertz CT molecular complexity index is 1080. The van der Waals surface area contributed by atoms with Gasteiger partial charge in [-0.2, -0.15) is 4.31 Å². The number of carbonyl (C=O) groups excluding carboxylic acids is 1. The summed E-state index contributed by atoms with van der Waals surface area (Å²) in [6.45, 7) is 1.22. The zero-order valence-electron chi connectivity index (χ0n) is 17.5. The summed E-state index contributed by atoms with van der Waals surface area (Å²) in [6.07, 6.45) is 3.01. The Hall–Kier alpha value is -2.78. The number of aryl methyl sites for hydroxylation is 2. The Kier molecular flexibility index (Phi) is 6.06. The molecule has 9 heteroatoms. The van der Waals surface area contributed by atoms with Crippen molar-refractivity contribution in [2.24, 2.45) is 0 Å². The van der Waals surface area contributed by atoms with Crippen LogP contribution < -0.4 is 10.1 Å². The van der Waals surface area contributed by atoms with Crippen molar-refractivity contribution in [3.8, 4) is 11.5 Å². The molecule has 0 radical (unpaired) electrons. The number of fused-ring (bicyclic) bond motifs is 1. The standard InChI is InChI=1S/C22H27N3O5S/c1-30-21-8-6-18(26)14-20(21)23-15-22(27)24-9-11-25(12-10-24)31(28,29)19-7-5-16-3-2-4-17(16)13-19/h5-8,13-14,23,26H,2-4,9-12,15H2,1H3. The summed E-state index contributed by atoms with van der Waals surface area (Å²) in [5.74, 6) is 0.456. The second-order valence-corrected chi connectivity index (χ2v) is 9.75. The maximum Gasteiger partial charge on any atom is 0.243 e.